The number of carbonyl (C=O) groups is 3. The van der Waals surface area contributed by atoms with E-state index < -0.39 is 17.7 Å². The van der Waals surface area contributed by atoms with Crippen LogP contribution in [0.2, 0.25) is 0 Å². The molecule has 3 amide bonds. The third-order valence-electron chi connectivity index (χ3n) is 3.98. The number of hydrogen-bond acceptors (Lipinski definition) is 8. The Balaban J connectivity index is 1.64. The molecule has 3 aromatic rings. The van der Waals surface area contributed by atoms with Crippen molar-refractivity contribution in [2.75, 3.05) is 12.9 Å². The molecule has 9 nitrogen and oxygen atoms in total. The molecule has 0 aliphatic rings. The van der Waals surface area contributed by atoms with Crippen LogP contribution in [-0.2, 0) is 16.1 Å². The highest BCUT2D eigenvalue weighted by Crippen LogP contribution is 2.27. The normalized spacial score (nSPS) is 10.6. The predicted molar refractivity (Wildman–Crippen MR) is 113 cm³/mol. The van der Waals surface area contributed by atoms with Crippen LogP contribution in [0.25, 0.3) is 10.7 Å². The standard InChI is InChI=1S/C19H19N5O4S2/c1-28-13-6-4-12(5-7-13)18(27)21-16(26)11-30-19-23-22-17(14-3-2-10-29-14)24(19)9-8-15(20)25/h2-7,10H,8-9,11H2,1H3,(H2,20,25)(H,21,26,27). The summed E-state index contributed by atoms with van der Waals surface area (Å²) in [5.74, 6) is -0.241. The molecule has 0 bridgehead atoms. The fraction of sp³-hybridized carbons (Fsp3) is 0.211. The van der Waals surface area contributed by atoms with Crippen LogP contribution in [0.1, 0.15) is 16.8 Å². The van der Waals surface area contributed by atoms with E-state index in [4.69, 9.17) is 10.5 Å². The molecule has 0 unspecified atom stereocenters. The van der Waals surface area contributed by atoms with Gasteiger partial charge in [0.1, 0.15) is 5.75 Å². The molecule has 2 aromatic heterocycles. The van der Waals surface area contributed by atoms with Gasteiger partial charge in [0.2, 0.25) is 11.8 Å². The van der Waals surface area contributed by atoms with E-state index in [-0.39, 0.29) is 12.2 Å². The molecule has 156 valence electrons. The van der Waals surface area contributed by atoms with E-state index in [0.29, 0.717) is 28.8 Å². The minimum absolute atomic E-state index is 0.0406. The summed E-state index contributed by atoms with van der Waals surface area (Å²) in [4.78, 5) is 36.5. The molecule has 0 aliphatic heterocycles. The van der Waals surface area contributed by atoms with Crippen LogP contribution < -0.4 is 15.8 Å². The zero-order valence-electron chi connectivity index (χ0n) is 16.0. The number of carbonyl (C=O) groups excluding carboxylic acids is 3. The van der Waals surface area contributed by atoms with Crippen molar-refractivity contribution in [3.63, 3.8) is 0 Å². The molecule has 30 heavy (non-hydrogen) atoms. The lowest BCUT2D eigenvalue weighted by Crippen LogP contribution is -2.31. The average molecular weight is 446 g/mol. The number of imide groups is 1. The number of hydrogen-bond donors (Lipinski definition) is 2. The van der Waals surface area contributed by atoms with E-state index in [9.17, 15) is 14.4 Å². The largest absolute Gasteiger partial charge is 0.497 e. The third-order valence-corrected chi connectivity index (χ3v) is 5.81. The molecular formula is C19H19N5O4S2. The van der Waals surface area contributed by atoms with Gasteiger partial charge in [-0.15, -0.1) is 21.5 Å². The summed E-state index contributed by atoms with van der Waals surface area (Å²) >= 11 is 2.61. The summed E-state index contributed by atoms with van der Waals surface area (Å²) in [5.41, 5.74) is 5.62. The van der Waals surface area contributed by atoms with Crippen LogP contribution in [-0.4, -0.2) is 45.3 Å². The molecule has 0 spiro atoms. The van der Waals surface area contributed by atoms with E-state index in [1.807, 2.05) is 17.5 Å². The highest BCUT2D eigenvalue weighted by atomic mass is 32.2. The van der Waals surface area contributed by atoms with Crippen molar-refractivity contribution in [1.29, 1.82) is 0 Å². The van der Waals surface area contributed by atoms with Gasteiger partial charge in [0.05, 0.1) is 17.7 Å². The molecule has 0 atom stereocenters. The van der Waals surface area contributed by atoms with Gasteiger partial charge in [-0.25, -0.2) is 0 Å². The van der Waals surface area contributed by atoms with Gasteiger partial charge >= 0.3 is 0 Å². The number of methoxy groups -OCH3 is 1. The third kappa shape index (κ3) is 5.45. The molecule has 0 radical (unpaired) electrons. The lowest BCUT2D eigenvalue weighted by Gasteiger charge is -2.08. The molecule has 3 rings (SSSR count). The molecule has 0 fully saturated rings. The Labute approximate surface area is 180 Å². The molecule has 1 aromatic carbocycles. The monoisotopic (exact) mass is 445 g/mol. The van der Waals surface area contributed by atoms with Crippen molar-refractivity contribution in [3.8, 4) is 16.5 Å². The Hall–Kier alpha value is -3.18. The Morgan fingerprint density at radius 2 is 1.97 bits per heavy atom. The van der Waals surface area contributed by atoms with Crippen molar-refractivity contribution in [1.82, 2.24) is 20.1 Å². The van der Waals surface area contributed by atoms with Gasteiger partial charge in [-0.2, -0.15) is 0 Å². The first kappa shape index (κ1) is 21.5. The van der Waals surface area contributed by atoms with E-state index in [2.05, 4.69) is 15.5 Å². The van der Waals surface area contributed by atoms with Gasteiger partial charge in [-0.05, 0) is 35.7 Å². The topological polar surface area (TPSA) is 129 Å². The van der Waals surface area contributed by atoms with E-state index in [1.54, 1.807) is 28.8 Å². The van der Waals surface area contributed by atoms with Gasteiger partial charge in [-0.3, -0.25) is 19.7 Å². The number of benzene rings is 1. The van der Waals surface area contributed by atoms with Gasteiger partial charge in [0.15, 0.2) is 11.0 Å². The summed E-state index contributed by atoms with van der Waals surface area (Å²) in [6, 6.07) is 10.2. The van der Waals surface area contributed by atoms with Crippen LogP contribution in [0.4, 0.5) is 0 Å². The maximum atomic E-state index is 12.2. The number of ether oxygens (including phenoxy) is 1. The number of nitrogens with zero attached hydrogens (tertiary/aromatic N) is 3. The summed E-state index contributed by atoms with van der Waals surface area (Å²) in [6.07, 6.45) is 0.117. The summed E-state index contributed by atoms with van der Waals surface area (Å²) < 4.78 is 6.80. The zero-order chi connectivity index (χ0) is 21.5. The zero-order valence-corrected chi connectivity index (χ0v) is 17.7. The Bertz CT molecular complexity index is 1030. The van der Waals surface area contributed by atoms with E-state index in [1.165, 1.54) is 18.4 Å². The minimum atomic E-state index is -0.502. The van der Waals surface area contributed by atoms with Crippen LogP contribution in [0.3, 0.4) is 0 Å². The molecule has 11 heteroatoms. The molecular weight excluding hydrogens is 426 g/mol. The quantitative estimate of drug-likeness (QED) is 0.482. The number of primary amides is 1. The molecule has 0 saturated heterocycles. The number of nitrogens with one attached hydrogen (secondary N) is 1. The number of nitrogens with two attached hydrogens (primary N) is 1. The van der Waals surface area contributed by atoms with Gasteiger partial charge in [-0.1, -0.05) is 17.8 Å². The van der Waals surface area contributed by atoms with Crippen LogP contribution in [0.5, 0.6) is 5.75 Å². The minimum Gasteiger partial charge on any atom is -0.497 e. The second-order valence-corrected chi connectivity index (χ2v) is 7.94. The lowest BCUT2D eigenvalue weighted by molar-refractivity contribution is -0.118. The first-order valence-corrected chi connectivity index (χ1v) is 10.7. The number of thioether (sulfide) groups is 1. The average Bonchev–Trinajstić information content (AvgIpc) is 3.40. The van der Waals surface area contributed by atoms with Crippen LogP contribution in [0.15, 0.2) is 46.9 Å². The fourth-order valence-electron chi connectivity index (χ4n) is 2.51. The fourth-order valence-corrected chi connectivity index (χ4v) is 4.00. The van der Waals surface area contributed by atoms with Gasteiger partial charge < -0.3 is 15.0 Å². The summed E-state index contributed by atoms with van der Waals surface area (Å²) in [6.45, 7) is 0.296. The second-order valence-electron chi connectivity index (χ2n) is 6.05. The molecule has 2 heterocycles. The number of rotatable bonds is 9. The van der Waals surface area contributed by atoms with Crippen LogP contribution in [0, 0.1) is 0 Å². The van der Waals surface area contributed by atoms with E-state index in [0.717, 1.165) is 16.6 Å². The molecule has 0 saturated carbocycles. The van der Waals surface area contributed by atoms with Gasteiger partial charge in [0, 0.05) is 18.5 Å². The van der Waals surface area contributed by atoms with E-state index >= 15 is 0 Å². The van der Waals surface area contributed by atoms with Crippen molar-refractivity contribution < 1.29 is 19.1 Å². The van der Waals surface area contributed by atoms with Crippen molar-refractivity contribution in [2.24, 2.45) is 5.73 Å². The maximum Gasteiger partial charge on any atom is 0.257 e. The first-order valence-electron chi connectivity index (χ1n) is 8.84. The SMILES string of the molecule is COc1ccc(C(=O)NC(=O)CSc2nnc(-c3cccs3)n2CCC(N)=O)cc1. The summed E-state index contributed by atoms with van der Waals surface area (Å²) in [7, 11) is 1.53. The van der Waals surface area contributed by atoms with Crippen LogP contribution >= 0.6 is 23.1 Å². The van der Waals surface area contributed by atoms with Crippen molar-refractivity contribution in [2.45, 2.75) is 18.1 Å². The highest BCUT2D eigenvalue weighted by molar-refractivity contribution is 7.99. The Morgan fingerprint density at radius 3 is 2.60 bits per heavy atom. The Kier molecular flexibility index (Phi) is 7.20. The first-order chi connectivity index (χ1) is 14.5. The van der Waals surface area contributed by atoms with Crippen molar-refractivity contribution >= 4 is 40.8 Å². The summed E-state index contributed by atoms with van der Waals surface area (Å²) in [5, 5.41) is 13.0. The maximum absolute atomic E-state index is 12.2. The number of aromatic nitrogens is 3. The number of thiophene rings is 1. The van der Waals surface area contributed by atoms with Crippen molar-refractivity contribution in [3.05, 3.63) is 47.3 Å². The second kappa shape index (κ2) is 10.0. The highest BCUT2D eigenvalue weighted by Gasteiger charge is 2.18. The smallest absolute Gasteiger partial charge is 0.257 e. The van der Waals surface area contributed by atoms with Gasteiger partial charge in [0.25, 0.3) is 5.91 Å². The predicted octanol–water partition coefficient (Wildman–Crippen LogP) is 1.94. The lowest BCUT2D eigenvalue weighted by atomic mass is 10.2. The molecule has 3 N–H and O–H groups in total. The Morgan fingerprint density at radius 1 is 1.20 bits per heavy atom. The number of amides is 3. The molecule has 0 aliphatic carbocycles.